The number of carbonyl (C=O) groups excluding carboxylic acids is 1. The average molecular weight is 321 g/mol. The van der Waals surface area contributed by atoms with Crippen molar-refractivity contribution >= 4 is 5.97 Å². The summed E-state index contributed by atoms with van der Waals surface area (Å²) in [7, 11) is 0. The van der Waals surface area contributed by atoms with Gasteiger partial charge in [0.05, 0.1) is 13.2 Å². The molecule has 4 nitrogen and oxygen atoms in total. The van der Waals surface area contributed by atoms with E-state index >= 15 is 0 Å². The summed E-state index contributed by atoms with van der Waals surface area (Å²) in [4.78, 5) is 11.8. The first-order valence-electron chi connectivity index (χ1n) is 8.39. The molecule has 0 aliphatic heterocycles. The Morgan fingerprint density at radius 1 is 1.26 bits per heavy atom. The van der Waals surface area contributed by atoms with Crippen molar-refractivity contribution in [1.29, 1.82) is 0 Å². The zero-order valence-electron chi connectivity index (χ0n) is 15.4. The molecular formula is C19H31NO3. The Morgan fingerprint density at radius 2 is 1.91 bits per heavy atom. The van der Waals surface area contributed by atoms with Gasteiger partial charge in [0.2, 0.25) is 0 Å². The van der Waals surface area contributed by atoms with E-state index in [4.69, 9.17) is 15.2 Å². The van der Waals surface area contributed by atoms with E-state index in [9.17, 15) is 4.79 Å². The number of hydrogen-bond donors (Lipinski definition) is 1. The molecule has 0 saturated heterocycles. The van der Waals surface area contributed by atoms with Crippen LogP contribution < -0.4 is 10.5 Å². The maximum atomic E-state index is 11.8. The first-order chi connectivity index (χ1) is 10.7. The Labute approximate surface area is 140 Å². The van der Waals surface area contributed by atoms with E-state index < -0.39 is 6.04 Å². The van der Waals surface area contributed by atoms with Crippen LogP contribution in [0.15, 0.2) is 12.1 Å². The van der Waals surface area contributed by atoms with Crippen LogP contribution >= 0.6 is 0 Å². The third-order valence-corrected chi connectivity index (χ3v) is 3.64. The standard InChI is InChI=1S/C19H31NO3/c1-7-9-23-17-13(3)10-14(11-15(17)19(4,5)6)12-16(20)18(21)22-8-2/h10-11,16H,7-9,12,20H2,1-6H3. The molecule has 4 heteroatoms. The van der Waals surface area contributed by atoms with Crippen molar-refractivity contribution in [2.75, 3.05) is 13.2 Å². The molecule has 0 amide bonds. The summed E-state index contributed by atoms with van der Waals surface area (Å²) < 4.78 is 11.0. The second-order valence-corrected chi connectivity index (χ2v) is 6.95. The molecular weight excluding hydrogens is 290 g/mol. The van der Waals surface area contributed by atoms with Gasteiger partial charge in [-0.3, -0.25) is 4.79 Å². The average Bonchev–Trinajstić information content (AvgIpc) is 2.45. The second-order valence-electron chi connectivity index (χ2n) is 6.95. The molecule has 0 aromatic heterocycles. The van der Waals surface area contributed by atoms with Crippen molar-refractivity contribution in [3.63, 3.8) is 0 Å². The van der Waals surface area contributed by atoms with Crippen LogP contribution in [0.5, 0.6) is 5.75 Å². The van der Waals surface area contributed by atoms with Crippen molar-refractivity contribution < 1.29 is 14.3 Å². The van der Waals surface area contributed by atoms with Gasteiger partial charge in [-0.2, -0.15) is 0 Å². The molecule has 130 valence electrons. The van der Waals surface area contributed by atoms with Crippen LogP contribution in [0.25, 0.3) is 0 Å². The molecule has 23 heavy (non-hydrogen) atoms. The van der Waals surface area contributed by atoms with Gasteiger partial charge in [0.1, 0.15) is 11.8 Å². The molecule has 1 aromatic rings. The van der Waals surface area contributed by atoms with Gasteiger partial charge in [-0.15, -0.1) is 0 Å². The monoisotopic (exact) mass is 321 g/mol. The normalized spacial score (nSPS) is 12.8. The van der Waals surface area contributed by atoms with Crippen molar-refractivity contribution in [1.82, 2.24) is 0 Å². The molecule has 0 bridgehead atoms. The Hall–Kier alpha value is -1.55. The van der Waals surface area contributed by atoms with Gasteiger partial charge >= 0.3 is 5.97 Å². The smallest absolute Gasteiger partial charge is 0.323 e. The molecule has 1 aromatic carbocycles. The Balaban J connectivity index is 3.12. The summed E-state index contributed by atoms with van der Waals surface area (Å²) in [5.41, 5.74) is 9.18. The summed E-state index contributed by atoms with van der Waals surface area (Å²) >= 11 is 0. The molecule has 1 atom stereocenters. The van der Waals surface area contributed by atoms with Crippen LogP contribution in [0.3, 0.4) is 0 Å². The van der Waals surface area contributed by atoms with Crippen molar-refractivity contribution in [3.05, 3.63) is 28.8 Å². The molecule has 0 aliphatic carbocycles. The largest absolute Gasteiger partial charge is 0.493 e. The first-order valence-corrected chi connectivity index (χ1v) is 8.39. The lowest BCUT2D eigenvalue weighted by Crippen LogP contribution is -2.34. The highest BCUT2D eigenvalue weighted by Crippen LogP contribution is 2.35. The van der Waals surface area contributed by atoms with E-state index in [1.54, 1.807) is 6.92 Å². The maximum Gasteiger partial charge on any atom is 0.323 e. The van der Waals surface area contributed by atoms with Gasteiger partial charge in [-0.05, 0) is 43.2 Å². The SMILES string of the molecule is CCCOc1c(C)cc(CC(N)C(=O)OCC)cc1C(C)(C)C. The molecule has 0 fully saturated rings. The predicted molar refractivity (Wildman–Crippen MR) is 94.0 cm³/mol. The third-order valence-electron chi connectivity index (χ3n) is 3.64. The number of carbonyl (C=O) groups is 1. The molecule has 1 unspecified atom stereocenters. The summed E-state index contributed by atoms with van der Waals surface area (Å²) in [6.07, 6.45) is 1.44. The third kappa shape index (κ3) is 5.54. The van der Waals surface area contributed by atoms with Crippen LogP contribution in [-0.2, 0) is 21.4 Å². The van der Waals surface area contributed by atoms with Crippen molar-refractivity contribution in [3.8, 4) is 5.75 Å². The zero-order valence-corrected chi connectivity index (χ0v) is 15.4. The summed E-state index contributed by atoms with van der Waals surface area (Å²) in [5, 5.41) is 0. The highest BCUT2D eigenvalue weighted by Gasteiger charge is 2.23. The number of rotatable bonds is 7. The van der Waals surface area contributed by atoms with E-state index in [0.29, 0.717) is 19.6 Å². The van der Waals surface area contributed by atoms with Gasteiger partial charge in [0.15, 0.2) is 0 Å². The lowest BCUT2D eigenvalue weighted by atomic mass is 9.83. The minimum absolute atomic E-state index is 0.0438. The molecule has 0 radical (unpaired) electrons. The highest BCUT2D eigenvalue weighted by atomic mass is 16.5. The van der Waals surface area contributed by atoms with E-state index in [1.807, 2.05) is 6.92 Å². The highest BCUT2D eigenvalue weighted by molar-refractivity contribution is 5.76. The van der Waals surface area contributed by atoms with Crippen LogP contribution in [0.2, 0.25) is 0 Å². The number of benzene rings is 1. The van der Waals surface area contributed by atoms with Crippen LogP contribution in [-0.4, -0.2) is 25.2 Å². The summed E-state index contributed by atoms with van der Waals surface area (Å²) in [6, 6.07) is 3.53. The first kappa shape index (κ1) is 19.5. The number of aryl methyl sites for hydroxylation is 1. The number of nitrogens with two attached hydrogens (primary N) is 1. The quantitative estimate of drug-likeness (QED) is 0.781. The van der Waals surface area contributed by atoms with Crippen molar-refractivity contribution in [2.24, 2.45) is 5.73 Å². The Kier molecular flexibility index (Phi) is 7.07. The predicted octanol–water partition coefficient (Wildman–Crippen LogP) is 3.51. The van der Waals surface area contributed by atoms with E-state index in [-0.39, 0.29) is 11.4 Å². The number of hydrogen-bond acceptors (Lipinski definition) is 4. The lowest BCUT2D eigenvalue weighted by Gasteiger charge is -2.26. The summed E-state index contributed by atoms with van der Waals surface area (Å²) in [6.45, 7) is 13.5. The Morgan fingerprint density at radius 3 is 2.43 bits per heavy atom. The topological polar surface area (TPSA) is 61.5 Å². The van der Waals surface area contributed by atoms with Gasteiger partial charge in [-0.1, -0.05) is 39.8 Å². The minimum atomic E-state index is -0.635. The van der Waals surface area contributed by atoms with Gasteiger partial charge in [0, 0.05) is 5.56 Å². The van der Waals surface area contributed by atoms with E-state index in [2.05, 4.69) is 39.8 Å². The number of esters is 1. The maximum absolute atomic E-state index is 11.8. The van der Waals surface area contributed by atoms with Crippen LogP contribution in [0.4, 0.5) is 0 Å². The minimum Gasteiger partial charge on any atom is -0.493 e. The molecule has 0 heterocycles. The Bertz CT molecular complexity index is 532. The lowest BCUT2D eigenvalue weighted by molar-refractivity contribution is -0.144. The van der Waals surface area contributed by atoms with Gasteiger partial charge in [0.25, 0.3) is 0 Å². The van der Waals surface area contributed by atoms with Gasteiger partial charge in [-0.25, -0.2) is 0 Å². The van der Waals surface area contributed by atoms with E-state index in [1.165, 1.54) is 0 Å². The number of ether oxygens (including phenoxy) is 2. The molecule has 0 aliphatic rings. The fourth-order valence-electron chi connectivity index (χ4n) is 2.51. The van der Waals surface area contributed by atoms with E-state index in [0.717, 1.165) is 28.9 Å². The second kappa shape index (κ2) is 8.34. The molecule has 0 saturated carbocycles. The zero-order chi connectivity index (χ0) is 17.6. The van der Waals surface area contributed by atoms with Crippen molar-refractivity contribution in [2.45, 2.75) is 65.8 Å². The molecule has 2 N–H and O–H groups in total. The van der Waals surface area contributed by atoms with Gasteiger partial charge < -0.3 is 15.2 Å². The molecule has 1 rings (SSSR count). The fourth-order valence-corrected chi connectivity index (χ4v) is 2.51. The molecule has 0 spiro atoms. The fraction of sp³-hybridized carbons (Fsp3) is 0.632. The van der Waals surface area contributed by atoms with Crippen LogP contribution in [0, 0.1) is 6.92 Å². The summed E-state index contributed by atoms with van der Waals surface area (Å²) in [5.74, 6) is 0.599. The van der Waals surface area contributed by atoms with Crippen LogP contribution in [0.1, 0.15) is 57.7 Å².